The molecule has 1 aromatic carbocycles. The van der Waals surface area contributed by atoms with E-state index in [4.69, 9.17) is 14.2 Å². The summed E-state index contributed by atoms with van der Waals surface area (Å²) in [4.78, 5) is 8.05. The first-order chi connectivity index (χ1) is 9.76. The van der Waals surface area contributed by atoms with Gasteiger partial charge in [-0.3, -0.25) is 0 Å². The number of ether oxygens (including phenoxy) is 3. The van der Waals surface area contributed by atoms with E-state index in [1.807, 2.05) is 6.07 Å². The fourth-order valence-electron chi connectivity index (χ4n) is 2.04. The molecule has 0 bridgehead atoms. The fraction of sp³-hybridized carbons (Fsp3) is 0.286. The third kappa shape index (κ3) is 2.50. The molecule has 1 N–H and O–H groups in total. The molecule has 1 aliphatic rings. The van der Waals surface area contributed by atoms with Crippen molar-refractivity contribution in [3.63, 3.8) is 0 Å². The van der Waals surface area contributed by atoms with E-state index in [0.717, 1.165) is 5.56 Å². The number of nitrogens with zero attached hydrogens (tertiary/aromatic N) is 2. The molecule has 20 heavy (non-hydrogen) atoms. The Balaban J connectivity index is 1.77. The smallest absolute Gasteiger partial charge is 0.231 e. The Kier molecular flexibility index (Phi) is 3.39. The van der Waals surface area contributed by atoms with Crippen molar-refractivity contribution in [2.45, 2.75) is 12.5 Å². The van der Waals surface area contributed by atoms with Gasteiger partial charge in [0.25, 0.3) is 0 Å². The van der Waals surface area contributed by atoms with Gasteiger partial charge in [0.2, 0.25) is 12.7 Å². The minimum Gasteiger partial charge on any atom is -0.481 e. The molecule has 104 valence electrons. The molecule has 0 spiro atoms. The van der Waals surface area contributed by atoms with Crippen LogP contribution in [0.4, 0.5) is 0 Å². The van der Waals surface area contributed by atoms with Gasteiger partial charge in [-0.15, -0.1) is 0 Å². The van der Waals surface area contributed by atoms with Gasteiger partial charge in [0.1, 0.15) is 6.33 Å². The molecule has 1 aliphatic heterocycles. The molecule has 6 nitrogen and oxygen atoms in total. The molecule has 3 rings (SSSR count). The van der Waals surface area contributed by atoms with Crippen LogP contribution in [0.5, 0.6) is 17.4 Å². The molecule has 0 aliphatic carbocycles. The number of aliphatic hydroxyl groups is 1. The number of hydrogen-bond donors (Lipinski definition) is 1. The largest absolute Gasteiger partial charge is 0.481 e. The van der Waals surface area contributed by atoms with Gasteiger partial charge in [-0.2, -0.15) is 0 Å². The highest BCUT2D eigenvalue weighted by Gasteiger charge is 2.17. The predicted octanol–water partition coefficient (Wildman–Crippen LogP) is 1.49. The monoisotopic (exact) mass is 274 g/mol. The third-order valence-electron chi connectivity index (χ3n) is 3.09. The van der Waals surface area contributed by atoms with Crippen molar-refractivity contribution in [1.29, 1.82) is 0 Å². The summed E-state index contributed by atoms with van der Waals surface area (Å²) in [5, 5.41) is 10.3. The molecule has 6 heteroatoms. The average molecular weight is 274 g/mol. The minimum absolute atomic E-state index is 0.220. The number of aliphatic hydroxyl groups excluding tert-OH is 1. The first-order valence-electron chi connectivity index (χ1n) is 6.19. The van der Waals surface area contributed by atoms with Crippen LogP contribution in [0.1, 0.15) is 17.4 Å². The van der Waals surface area contributed by atoms with Gasteiger partial charge >= 0.3 is 0 Å². The Morgan fingerprint density at radius 3 is 2.95 bits per heavy atom. The standard InChI is InChI=1S/C14H14N2O4/c1-18-14-6-10(15-7-16-14)5-11(17)9-2-3-12-13(4-9)20-8-19-12/h2-4,6-7,11,17H,5,8H2,1H3. The predicted molar refractivity (Wildman–Crippen MR) is 69.8 cm³/mol. The van der Waals surface area contributed by atoms with E-state index >= 15 is 0 Å². The SMILES string of the molecule is COc1cc(CC(O)c2ccc3c(c2)OCO3)ncn1. The maximum Gasteiger partial charge on any atom is 0.231 e. The Morgan fingerprint density at radius 1 is 1.25 bits per heavy atom. The van der Waals surface area contributed by atoms with Crippen LogP contribution in [0.2, 0.25) is 0 Å². The molecule has 2 heterocycles. The lowest BCUT2D eigenvalue weighted by Crippen LogP contribution is -2.04. The lowest BCUT2D eigenvalue weighted by Gasteiger charge is -2.11. The maximum atomic E-state index is 10.3. The van der Waals surface area contributed by atoms with Crippen LogP contribution in [0, 0.1) is 0 Å². The van der Waals surface area contributed by atoms with Crippen molar-refractivity contribution in [2.75, 3.05) is 13.9 Å². The van der Waals surface area contributed by atoms with Gasteiger partial charge < -0.3 is 19.3 Å². The van der Waals surface area contributed by atoms with Crippen molar-refractivity contribution in [2.24, 2.45) is 0 Å². The summed E-state index contributed by atoms with van der Waals surface area (Å²) in [7, 11) is 1.54. The Labute approximate surface area is 116 Å². The molecule has 1 atom stereocenters. The molecule has 0 radical (unpaired) electrons. The van der Waals surface area contributed by atoms with E-state index in [1.54, 1.807) is 25.3 Å². The molecule has 0 saturated carbocycles. The second-order valence-corrected chi connectivity index (χ2v) is 4.38. The second kappa shape index (κ2) is 5.34. The normalized spacial score (nSPS) is 14.1. The summed E-state index contributed by atoms with van der Waals surface area (Å²) < 4.78 is 15.6. The number of benzene rings is 1. The van der Waals surface area contributed by atoms with Gasteiger partial charge in [0, 0.05) is 12.5 Å². The minimum atomic E-state index is -0.677. The van der Waals surface area contributed by atoms with Crippen molar-refractivity contribution >= 4 is 0 Å². The summed E-state index contributed by atoms with van der Waals surface area (Å²) in [5.74, 6) is 1.83. The number of hydrogen-bond acceptors (Lipinski definition) is 6. The van der Waals surface area contributed by atoms with E-state index in [9.17, 15) is 5.11 Å². The van der Waals surface area contributed by atoms with E-state index in [-0.39, 0.29) is 6.79 Å². The number of fused-ring (bicyclic) bond motifs is 1. The molecule has 2 aromatic rings. The Bertz CT molecular complexity index is 618. The number of rotatable bonds is 4. The molecule has 0 saturated heterocycles. The van der Waals surface area contributed by atoms with Crippen LogP contribution < -0.4 is 14.2 Å². The zero-order valence-electron chi connectivity index (χ0n) is 10.9. The van der Waals surface area contributed by atoms with Crippen LogP contribution in [0.15, 0.2) is 30.6 Å². The van der Waals surface area contributed by atoms with Crippen molar-refractivity contribution in [1.82, 2.24) is 9.97 Å². The van der Waals surface area contributed by atoms with Crippen LogP contribution in [-0.2, 0) is 6.42 Å². The summed E-state index contributed by atoms with van der Waals surface area (Å²) in [6.45, 7) is 0.220. The van der Waals surface area contributed by atoms with E-state index in [2.05, 4.69) is 9.97 Å². The summed E-state index contributed by atoms with van der Waals surface area (Å²) >= 11 is 0. The highest BCUT2D eigenvalue weighted by Crippen LogP contribution is 2.34. The van der Waals surface area contributed by atoms with Crippen LogP contribution in [-0.4, -0.2) is 29.0 Å². The lowest BCUT2D eigenvalue weighted by atomic mass is 10.0. The van der Waals surface area contributed by atoms with Gasteiger partial charge in [-0.05, 0) is 17.7 Å². The summed E-state index contributed by atoms with van der Waals surface area (Å²) in [6, 6.07) is 7.10. The Hall–Kier alpha value is -2.34. The maximum absolute atomic E-state index is 10.3. The highest BCUT2D eigenvalue weighted by molar-refractivity contribution is 5.45. The van der Waals surface area contributed by atoms with E-state index in [0.29, 0.717) is 29.5 Å². The van der Waals surface area contributed by atoms with Gasteiger partial charge in [-0.25, -0.2) is 9.97 Å². The zero-order valence-corrected chi connectivity index (χ0v) is 10.9. The molecule has 1 aromatic heterocycles. The highest BCUT2D eigenvalue weighted by atomic mass is 16.7. The zero-order chi connectivity index (χ0) is 13.9. The van der Waals surface area contributed by atoms with E-state index in [1.165, 1.54) is 6.33 Å². The van der Waals surface area contributed by atoms with Crippen molar-refractivity contribution < 1.29 is 19.3 Å². The van der Waals surface area contributed by atoms with Gasteiger partial charge in [0.15, 0.2) is 11.5 Å². The van der Waals surface area contributed by atoms with Gasteiger partial charge in [0.05, 0.1) is 18.9 Å². The lowest BCUT2D eigenvalue weighted by molar-refractivity contribution is 0.171. The first-order valence-corrected chi connectivity index (χ1v) is 6.19. The number of aromatic nitrogens is 2. The fourth-order valence-corrected chi connectivity index (χ4v) is 2.04. The van der Waals surface area contributed by atoms with Crippen molar-refractivity contribution in [3.05, 3.63) is 41.9 Å². The molecular formula is C14H14N2O4. The Morgan fingerprint density at radius 2 is 2.10 bits per heavy atom. The summed E-state index contributed by atoms with van der Waals surface area (Å²) in [6.07, 6.45) is 1.11. The van der Waals surface area contributed by atoms with Crippen LogP contribution in [0.25, 0.3) is 0 Å². The van der Waals surface area contributed by atoms with Crippen molar-refractivity contribution in [3.8, 4) is 17.4 Å². The topological polar surface area (TPSA) is 73.7 Å². The number of methoxy groups -OCH3 is 1. The first kappa shape index (κ1) is 12.7. The van der Waals surface area contributed by atoms with E-state index < -0.39 is 6.10 Å². The van der Waals surface area contributed by atoms with Crippen LogP contribution in [0.3, 0.4) is 0 Å². The molecule has 0 amide bonds. The molecule has 1 unspecified atom stereocenters. The second-order valence-electron chi connectivity index (χ2n) is 4.38. The average Bonchev–Trinajstić information content (AvgIpc) is 2.94. The van der Waals surface area contributed by atoms with Crippen LogP contribution >= 0.6 is 0 Å². The molecule has 0 fully saturated rings. The third-order valence-corrected chi connectivity index (χ3v) is 3.09. The molecular weight excluding hydrogens is 260 g/mol. The summed E-state index contributed by atoms with van der Waals surface area (Å²) in [5.41, 5.74) is 1.47. The van der Waals surface area contributed by atoms with Gasteiger partial charge in [-0.1, -0.05) is 6.07 Å². The quantitative estimate of drug-likeness (QED) is 0.910.